The number of amides is 1. The summed E-state index contributed by atoms with van der Waals surface area (Å²) >= 11 is 1.68. The van der Waals surface area contributed by atoms with E-state index >= 15 is 0 Å². The second kappa shape index (κ2) is 9.62. The van der Waals surface area contributed by atoms with E-state index in [0.717, 1.165) is 27.3 Å². The number of carbonyl (C=O) groups excluding carboxylic acids is 1. The molecule has 0 radical (unpaired) electrons. The Balaban J connectivity index is 1.47. The summed E-state index contributed by atoms with van der Waals surface area (Å²) in [6.45, 7) is 4.88. The SMILES string of the molecule is CC(C)c1ccc(CN(C(=O)c2ccccc2)c2ccc(-c3nc4ccccc4s3)cc2)cc1. The van der Waals surface area contributed by atoms with Gasteiger partial charge in [0.25, 0.3) is 5.91 Å². The van der Waals surface area contributed by atoms with Crippen LogP contribution in [0.3, 0.4) is 0 Å². The number of benzene rings is 4. The molecule has 0 bridgehead atoms. The van der Waals surface area contributed by atoms with Crippen molar-refractivity contribution < 1.29 is 4.79 Å². The van der Waals surface area contributed by atoms with Crippen molar-refractivity contribution in [1.82, 2.24) is 4.98 Å². The largest absolute Gasteiger partial charge is 0.304 e. The highest BCUT2D eigenvalue weighted by Gasteiger charge is 2.19. The summed E-state index contributed by atoms with van der Waals surface area (Å²) in [7, 11) is 0. The third-order valence-corrected chi connectivity index (χ3v) is 7.06. The molecular weight excluding hydrogens is 436 g/mol. The van der Waals surface area contributed by atoms with Crippen molar-refractivity contribution in [3.8, 4) is 10.6 Å². The summed E-state index contributed by atoms with van der Waals surface area (Å²) < 4.78 is 1.17. The molecule has 0 aliphatic heterocycles. The smallest absolute Gasteiger partial charge is 0.258 e. The fraction of sp³-hybridized carbons (Fsp3) is 0.133. The van der Waals surface area contributed by atoms with E-state index in [0.29, 0.717) is 18.0 Å². The van der Waals surface area contributed by atoms with Crippen LogP contribution in [-0.4, -0.2) is 10.9 Å². The molecule has 1 aromatic heterocycles. The Morgan fingerprint density at radius 3 is 2.18 bits per heavy atom. The minimum Gasteiger partial charge on any atom is -0.304 e. The molecular formula is C30H26N2OS. The molecule has 5 aromatic rings. The monoisotopic (exact) mass is 462 g/mol. The Hall–Kier alpha value is -3.76. The number of rotatable bonds is 6. The first kappa shape index (κ1) is 22.1. The van der Waals surface area contributed by atoms with E-state index in [2.05, 4.69) is 56.3 Å². The van der Waals surface area contributed by atoms with E-state index < -0.39 is 0 Å². The third-order valence-electron chi connectivity index (χ3n) is 5.97. The second-order valence-corrected chi connectivity index (χ2v) is 9.72. The summed E-state index contributed by atoms with van der Waals surface area (Å²) in [4.78, 5) is 20.1. The highest BCUT2D eigenvalue weighted by atomic mass is 32.1. The normalized spacial score (nSPS) is 11.1. The molecule has 168 valence electrons. The maximum atomic E-state index is 13.5. The molecule has 4 heteroatoms. The first-order valence-electron chi connectivity index (χ1n) is 11.5. The number of fused-ring (bicyclic) bond motifs is 1. The Morgan fingerprint density at radius 2 is 1.50 bits per heavy atom. The lowest BCUT2D eigenvalue weighted by Crippen LogP contribution is -2.30. The third kappa shape index (κ3) is 4.63. The average Bonchev–Trinajstić information content (AvgIpc) is 3.32. The molecule has 3 nitrogen and oxygen atoms in total. The van der Waals surface area contributed by atoms with Gasteiger partial charge in [0, 0.05) is 16.8 Å². The number of hydrogen-bond donors (Lipinski definition) is 0. The van der Waals surface area contributed by atoms with Gasteiger partial charge in [0.2, 0.25) is 0 Å². The number of thiazole rings is 1. The van der Waals surface area contributed by atoms with E-state index in [1.165, 1.54) is 10.3 Å². The van der Waals surface area contributed by atoms with Crippen molar-refractivity contribution >= 4 is 33.1 Å². The lowest BCUT2D eigenvalue weighted by atomic mass is 10.0. The fourth-order valence-corrected chi connectivity index (χ4v) is 4.96. The van der Waals surface area contributed by atoms with E-state index in [4.69, 9.17) is 4.98 Å². The van der Waals surface area contributed by atoms with Gasteiger partial charge in [-0.1, -0.05) is 68.4 Å². The van der Waals surface area contributed by atoms with Crippen LogP contribution in [0.5, 0.6) is 0 Å². The standard InChI is InChI=1S/C30H26N2OS/c1-21(2)23-14-12-22(13-15-23)20-32(30(33)25-8-4-3-5-9-25)26-18-16-24(17-19-26)29-31-27-10-6-7-11-28(27)34-29/h3-19,21H,20H2,1-2H3. The summed E-state index contributed by atoms with van der Waals surface area (Å²) in [5.41, 5.74) is 6.01. The quantitative estimate of drug-likeness (QED) is 0.257. The Bertz CT molecular complexity index is 1370. The zero-order chi connectivity index (χ0) is 23.5. The van der Waals surface area contributed by atoms with Crippen LogP contribution < -0.4 is 4.90 Å². The maximum absolute atomic E-state index is 13.5. The lowest BCUT2D eigenvalue weighted by Gasteiger charge is -2.24. The lowest BCUT2D eigenvalue weighted by molar-refractivity contribution is 0.0985. The minimum atomic E-state index is -0.0127. The minimum absolute atomic E-state index is 0.0127. The van der Waals surface area contributed by atoms with Crippen LogP contribution in [-0.2, 0) is 6.54 Å². The molecule has 0 aliphatic rings. The van der Waals surface area contributed by atoms with Gasteiger partial charge in [-0.15, -0.1) is 11.3 Å². The first-order valence-corrected chi connectivity index (χ1v) is 12.3. The highest BCUT2D eigenvalue weighted by Crippen LogP contribution is 2.32. The molecule has 5 rings (SSSR count). The van der Waals surface area contributed by atoms with Crippen molar-refractivity contribution in [2.24, 2.45) is 0 Å². The van der Waals surface area contributed by atoms with Crippen LogP contribution in [0.2, 0.25) is 0 Å². The molecule has 1 amide bonds. The first-order chi connectivity index (χ1) is 16.6. The van der Waals surface area contributed by atoms with E-state index in [1.54, 1.807) is 11.3 Å². The fourth-order valence-electron chi connectivity index (χ4n) is 3.99. The molecule has 34 heavy (non-hydrogen) atoms. The molecule has 0 saturated heterocycles. The molecule has 0 saturated carbocycles. The predicted molar refractivity (Wildman–Crippen MR) is 143 cm³/mol. The molecule has 4 aromatic carbocycles. The second-order valence-electron chi connectivity index (χ2n) is 8.69. The Kier molecular flexibility index (Phi) is 6.24. The van der Waals surface area contributed by atoms with Crippen LogP contribution in [0.25, 0.3) is 20.8 Å². The topological polar surface area (TPSA) is 33.2 Å². The van der Waals surface area contributed by atoms with E-state index in [9.17, 15) is 4.79 Å². The van der Waals surface area contributed by atoms with Gasteiger partial charge in [-0.05, 0) is 65.6 Å². The van der Waals surface area contributed by atoms with E-state index in [-0.39, 0.29) is 5.91 Å². The van der Waals surface area contributed by atoms with Crippen molar-refractivity contribution in [2.75, 3.05) is 4.90 Å². The number of carbonyl (C=O) groups is 1. The van der Waals surface area contributed by atoms with Crippen molar-refractivity contribution in [3.63, 3.8) is 0 Å². The number of hydrogen-bond acceptors (Lipinski definition) is 3. The zero-order valence-electron chi connectivity index (χ0n) is 19.3. The maximum Gasteiger partial charge on any atom is 0.258 e. The summed E-state index contributed by atoms with van der Waals surface area (Å²) in [5, 5.41) is 0.984. The number of anilines is 1. The molecule has 0 aliphatic carbocycles. The number of para-hydroxylation sites is 1. The van der Waals surface area contributed by atoms with Gasteiger partial charge in [-0.3, -0.25) is 4.79 Å². The van der Waals surface area contributed by atoms with Crippen molar-refractivity contribution in [2.45, 2.75) is 26.3 Å². The molecule has 0 spiro atoms. The van der Waals surface area contributed by atoms with Crippen molar-refractivity contribution in [1.29, 1.82) is 0 Å². The Labute approximate surface area is 204 Å². The summed E-state index contributed by atoms with van der Waals surface area (Å²) in [5.74, 6) is 0.465. The summed E-state index contributed by atoms with van der Waals surface area (Å²) in [6, 6.07) is 34.3. The Morgan fingerprint density at radius 1 is 0.824 bits per heavy atom. The molecule has 1 heterocycles. The molecule has 0 fully saturated rings. The predicted octanol–water partition coefficient (Wildman–Crippen LogP) is 7.93. The van der Waals surface area contributed by atoms with Crippen LogP contribution in [0.15, 0.2) is 103 Å². The number of nitrogens with zero attached hydrogens (tertiary/aromatic N) is 2. The van der Waals surface area contributed by atoms with Crippen LogP contribution in [0.1, 0.15) is 41.3 Å². The van der Waals surface area contributed by atoms with Gasteiger partial charge < -0.3 is 4.90 Å². The van der Waals surface area contributed by atoms with Crippen LogP contribution in [0.4, 0.5) is 5.69 Å². The van der Waals surface area contributed by atoms with Gasteiger partial charge in [-0.25, -0.2) is 4.98 Å². The van der Waals surface area contributed by atoms with Gasteiger partial charge in [-0.2, -0.15) is 0 Å². The van der Waals surface area contributed by atoms with Crippen LogP contribution in [0, 0.1) is 0 Å². The zero-order valence-corrected chi connectivity index (χ0v) is 20.1. The van der Waals surface area contributed by atoms with Crippen LogP contribution >= 0.6 is 11.3 Å². The van der Waals surface area contributed by atoms with E-state index in [1.807, 2.05) is 65.6 Å². The van der Waals surface area contributed by atoms with Gasteiger partial charge in [0.15, 0.2) is 0 Å². The highest BCUT2D eigenvalue weighted by molar-refractivity contribution is 7.21. The van der Waals surface area contributed by atoms with Crippen molar-refractivity contribution in [3.05, 3.63) is 120 Å². The molecule has 0 atom stereocenters. The number of aromatic nitrogens is 1. The van der Waals surface area contributed by atoms with Gasteiger partial charge in [0.1, 0.15) is 5.01 Å². The average molecular weight is 463 g/mol. The molecule has 0 N–H and O–H groups in total. The summed E-state index contributed by atoms with van der Waals surface area (Å²) in [6.07, 6.45) is 0. The molecule has 0 unspecified atom stereocenters. The van der Waals surface area contributed by atoms with Gasteiger partial charge >= 0.3 is 0 Å². The van der Waals surface area contributed by atoms with Gasteiger partial charge in [0.05, 0.1) is 16.8 Å².